The van der Waals surface area contributed by atoms with Crippen molar-refractivity contribution in [2.24, 2.45) is 0 Å². The third-order valence-electron chi connectivity index (χ3n) is 4.12. The van der Waals surface area contributed by atoms with Gasteiger partial charge in [0.25, 0.3) is 5.91 Å². The zero-order valence-electron chi connectivity index (χ0n) is 14.2. The van der Waals surface area contributed by atoms with Crippen molar-refractivity contribution in [3.05, 3.63) is 57.8 Å². The summed E-state index contributed by atoms with van der Waals surface area (Å²) in [6, 6.07) is 11.9. The summed E-state index contributed by atoms with van der Waals surface area (Å²) in [4.78, 5) is 15.8. The highest BCUT2D eigenvalue weighted by Crippen LogP contribution is 2.15. The van der Waals surface area contributed by atoms with Crippen molar-refractivity contribution in [1.29, 1.82) is 0 Å². The van der Waals surface area contributed by atoms with E-state index in [1.165, 1.54) is 5.56 Å². The Labute approximate surface area is 147 Å². The summed E-state index contributed by atoms with van der Waals surface area (Å²) in [6.07, 6.45) is 0.548. The maximum absolute atomic E-state index is 12.2. The molecule has 4 nitrogen and oxygen atoms in total. The van der Waals surface area contributed by atoms with Crippen LogP contribution in [0, 0.1) is 0 Å². The van der Waals surface area contributed by atoms with E-state index in [0.29, 0.717) is 12.1 Å². The van der Waals surface area contributed by atoms with Crippen molar-refractivity contribution in [1.82, 2.24) is 10.2 Å². The minimum absolute atomic E-state index is 0.0245. The Morgan fingerprint density at radius 3 is 2.54 bits per heavy atom. The van der Waals surface area contributed by atoms with Gasteiger partial charge in [-0.2, -0.15) is 0 Å². The van der Waals surface area contributed by atoms with Crippen LogP contribution in [0.2, 0.25) is 0 Å². The van der Waals surface area contributed by atoms with Crippen LogP contribution in [0.4, 0.5) is 0 Å². The number of rotatable bonds is 5. The lowest BCUT2D eigenvalue weighted by molar-refractivity contribution is -0.0704. The molecule has 0 bridgehead atoms. The predicted octanol–water partition coefficient (Wildman–Crippen LogP) is 3.29. The molecule has 3 rings (SSSR count). The molecule has 1 aliphatic heterocycles. The Bertz CT molecular complexity index is 645. The van der Waals surface area contributed by atoms with Crippen LogP contribution in [-0.2, 0) is 17.8 Å². The Hall–Kier alpha value is -1.69. The van der Waals surface area contributed by atoms with Crippen molar-refractivity contribution < 1.29 is 9.53 Å². The molecule has 2 aromatic rings. The summed E-state index contributed by atoms with van der Waals surface area (Å²) in [7, 11) is 0. The number of nitrogens with one attached hydrogen (secondary N) is 1. The van der Waals surface area contributed by atoms with Gasteiger partial charge < -0.3 is 10.1 Å². The van der Waals surface area contributed by atoms with Gasteiger partial charge in [0.15, 0.2) is 0 Å². The van der Waals surface area contributed by atoms with Crippen LogP contribution in [0.3, 0.4) is 0 Å². The molecule has 5 heteroatoms. The smallest absolute Gasteiger partial charge is 0.251 e. The normalized spacial score (nSPS) is 21.6. The number of carbonyl (C=O) groups is 1. The first-order valence-corrected chi connectivity index (χ1v) is 9.25. The molecular formula is C19H24N2O2S. The van der Waals surface area contributed by atoms with Crippen molar-refractivity contribution >= 4 is 17.2 Å². The molecule has 128 valence electrons. The van der Waals surface area contributed by atoms with Crippen LogP contribution < -0.4 is 5.32 Å². The molecule has 0 aliphatic carbocycles. The van der Waals surface area contributed by atoms with E-state index in [0.717, 1.165) is 24.5 Å². The molecule has 2 heterocycles. The van der Waals surface area contributed by atoms with Crippen LogP contribution >= 0.6 is 11.3 Å². The van der Waals surface area contributed by atoms with E-state index in [1.54, 1.807) is 11.3 Å². The highest BCUT2D eigenvalue weighted by Gasteiger charge is 2.22. The van der Waals surface area contributed by atoms with Crippen molar-refractivity contribution in [3.8, 4) is 0 Å². The summed E-state index contributed by atoms with van der Waals surface area (Å²) in [6.45, 7) is 7.62. The minimum atomic E-state index is -0.0245. The molecule has 24 heavy (non-hydrogen) atoms. The molecular weight excluding hydrogens is 320 g/mol. The Balaban J connectivity index is 1.53. The summed E-state index contributed by atoms with van der Waals surface area (Å²) in [5.41, 5.74) is 1.94. The summed E-state index contributed by atoms with van der Waals surface area (Å²) in [5.74, 6) is -0.0245. The molecule has 1 aliphatic rings. The first-order valence-electron chi connectivity index (χ1n) is 8.37. The van der Waals surface area contributed by atoms with E-state index in [1.807, 2.05) is 41.8 Å². The van der Waals surface area contributed by atoms with Crippen LogP contribution in [0.1, 0.15) is 34.6 Å². The lowest BCUT2D eigenvalue weighted by atomic mass is 10.1. The third-order valence-corrected chi connectivity index (χ3v) is 5.00. The largest absolute Gasteiger partial charge is 0.373 e. The van der Waals surface area contributed by atoms with E-state index < -0.39 is 0 Å². The van der Waals surface area contributed by atoms with Crippen LogP contribution in [0.25, 0.3) is 0 Å². The Kier molecular flexibility index (Phi) is 5.66. The van der Waals surface area contributed by atoms with Crippen molar-refractivity contribution in [3.63, 3.8) is 0 Å². The average Bonchev–Trinajstić information content (AvgIpc) is 3.06. The topological polar surface area (TPSA) is 41.6 Å². The average molecular weight is 344 g/mol. The number of nitrogens with zero attached hydrogens (tertiary/aromatic N) is 1. The zero-order chi connectivity index (χ0) is 16.9. The van der Waals surface area contributed by atoms with Crippen LogP contribution in [-0.4, -0.2) is 36.1 Å². The quantitative estimate of drug-likeness (QED) is 0.905. The summed E-state index contributed by atoms with van der Waals surface area (Å²) >= 11 is 1.65. The zero-order valence-corrected chi connectivity index (χ0v) is 15.0. The van der Waals surface area contributed by atoms with E-state index in [-0.39, 0.29) is 18.1 Å². The number of hydrogen-bond donors (Lipinski definition) is 1. The van der Waals surface area contributed by atoms with Gasteiger partial charge in [-0.05, 0) is 43.0 Å². The van der Waals surface area contributed by atoms with Crippen LogP contribution in [0.15, 0.2) is 41.8 Å². The fraction of sp³-hybridized carbons (Fsp3) is 0.421. The van der Waals surface area contributed by atoms with E-state index in [2.05, 4.69) is 24.1 Å². The van der Waals surface area contributed by atoms with Gasteiger partial charge in [-0.1, -0.05) is 18.2 Å². The molecule has 1 saturated heterocycles. The van der Waals surface area contributed by atoms with Gasteiger partial charge in [0.2, 0.25) is 0 Å². The third kappa shape index (κ3) is 4.66. The second-order valence-corrected chi connectivity index (χ2v) is 7.44. The van der Waals surface area contributed by atoms with E-state index in [9.17, 15) is 4.79 Å². The first kappa shape index (κ1) is 17.1. The van der Waals surface area contributed by atoms with Gasteiger partial charge in [-0.15, -0.1) is 11.3 Å². The van der Waals surface area contributed by atoms with Gasteiger partial charge in [0.05, 0.1) is 18.8 Å². The summed E-state index contributed by atoms with van der Waals surface area (Å²) in [5, 5.41) is 4.98. The van der Waals surface area contributed by atoms with E-state index >= 15 is 0 Å². The van der Waals surface area contributed by atoms with Crippen molar-refractivity contribution in [2.75, 3.05) is 13.1 Å². The minimum Gasteiger partial charge on any atom is -0.373 e. The molecule has 1 fully saturated rings. The van der Waals surface area contributed by atoms with Gasteiger partial charge in [-0.3, -0.25) is 9.69 Å². The summed E-state index contributed by atoms with van der Waals surface area (Å²) < 4.78 is 5.77. The number of ether oxygens (including phenoxy) is 1. The molecule has 0 radical (unpaired) electrons. The fourth-order valence-corrected chi connectivity index (χ4v) is 3.76. The number of benzene rings is 1. The molecule has 1 amide bonds. The lowest BCUT2D eigenvalue weighted by Crippen LogP contribution is -2.44. The van der Waals surface area contributed by atoms with Gasteiger partial charge in [0, 0.05) is 30.1 Å². The number of thiophene rings is 1. The first-order chi connectivity index (χ1) is 11.6. The number of amides is 1. The fourth-order valence-electron chi connectivity index (χ4n) is 3.12. The standard InChI is InChI=1S/C19H24N2O2S/c1-14-11-21(12-15(2)23-14)13-16-5-7-17(8-6-16)19(22)20-10-18-4-3-9-24-18/h3-9,14-15H,10-13H2,1-2H3,(H,20,22). The highest BCUT2D eigenvalue weighted by molar-refractivity contribution is 7.09. The van der Waals surface area contributed by atoms with Gasteiger partial charge >= 0.3 is 0 Å². The Morgan fingerprint density at radius 2 is 1.92 bits per heavy atom. The monoisotopic (exact) mass is 344 g/mol. The second kappa shape index (κ2) is 7.92. The van der Waals surface area contributed by atoms with Gasteiger partial charge in [-0.25, -0.2) is 0 Å². The van der Waals surface area contributed by atoms with E-state index in [4.69, 9.17) is 4.74 Å². The maximum Gasteiger partial charge on any atom is 0.251 e. The molecule has 1 N–H and O–H groups in total. The highest BCUT2D eigenvalue weighted by atomic mass is 32.1. The SMILES string of the molecule is CC1CN(Cc2ccc(C(=O)NCc3cccs3)cc2)CC(C)O1. The van der Waals surface area contributed by atoms with Gasteiger partial charge in [0.1, 0.15) is 0 Å². The Morgan fingerprint density at radius 1 is 1.21 bits per heavy atom. The van der Waals surface area contributed by atoms with Crippen molar-refractivity contribution in [2.45, 2.75) is 39.1 Å². The molecule has 0 saturated carbocycles. The number of morpholine rings is 1. The molecule has 2 unspecified atom stereocenters. The molecule has 1 aromatic carbocycles. The van der Waals surface area contributed by atoms with Crippen LogP contribution in [0.5, 0.6) is 0 Å². The molecule has 1 aromatic heterocycles. The number of carbonyl (C=O) groups excluding carboxylic acids is 1. The number of hydrogen-bond acceptors (Lipinski definition) is 4. The molecule has 2 atom stereocenters. The predicted molar refractivity (Wildman–Crippen MR) is 97.2 cm³/mol. The second-order valence-electron chi connectivity index (χ2n) is 6.41. The maximum atomic E-state index is 12.2. The molecule has 0 spiro atoms. The lowest BCUT2D eigenvalue weighted by Gasteiger charge is -2.35.